The van der Waals surface area contributed by atoms with Gasteiger partial charge in [0.15, 0.2) is 22.8 Å². The quantitative estimate of drug-likeness (QED) is 0.305. The highest BCUT2D eigenvalue weighted by Gasteiger charge is 2.15. The van der Waals surface area contributed by atoms with Crippen LogP contribution in [-0.2, 0) is 20.7 Å². The average molecular weight is 412 g/mol. The molecule has 0 saturated heterocycles. The maximum atomic E-state index is 11.2. The van der Waals surface area contributed by atoms with Gasteiger partial charge in [-0.05, 0) is 54.8 Å². The Morgan fingerprint density at radius 1 is 0.900 bits per heavy atom. The van der Waals surface area contributed by atoms with E-state index in [4.69, 9.17) is 23.4 Å². The summed E-state index contributed by atoms with van der Waals surface area (Å²) in [6, 6.07) is 11.1. The van der Waals surface area contributed by atoms with Gasteiger partial charge < -0.3 is 23.4 Å². The Morgan fingerprint density at radius 3 is 2.33 bits per heavy atom. The third-order valence-electron chi connectivity index (χ3n) is 4.48. The number of furan rings is 1. The first-order valence-corrected chi connectivity index (χ1v) is 9.52. The van der Waals surface area contributed by atoms with Gasteiger partial charge in [-0.2, -0.15) is 0 Å². The van der Waals surface area contributed by atoms with Gasteiger partial charge in [0.05, 0.1) is 20.8 Å². The molecule has 3 rings (SSSR count). The molecule has 0 unspecified atom stereocenters. The third kappa shape index (κ3) is 4.92. The predicted octanol–water partition coefficient (Wildman–Crippen LogP) is 4.54. The van der Waals surface area contributed by atoms with Crippen molar-refractivity contribution in [2.24, 2.45) is 0 Å². The minimum absolute atomic E-state index is 0.280. The molecule has 0 radical (unpaired) electrons. The van der Waals surface area contributed by atoms with Crippen LogP contribution in [0.25, 0.3) is 22.3 Å². The van der Waals surface area contributed by atoms with Crippen LogP contribution in [0.5, 0.6) is 17.2 Å². The molecule has 0 N–H and O–H groups in total. The lowest BCUT2D eigenvalue weighted by Crippen LogP contribution is -2.02. The molecular weight excluding hydrogens is 388 g/mol. The van der Waals surface area contributed by atoms with Gasteiger partial charge in [0, 0.05) is 24.8 Å². The van der Waals surface area contributed by atoms with E-state index in [0.717, 1.165) is 22.9 Å². The largest absolute Gasteiger partial charge is 0.493 e. The summed E-state index contributed by atoms with van der Waals surface area (Å²) in [5.41, 5.74) is 2.47. The number of methoxy groups -OCH3 is 2. The van der Waals surface area contributed by atoms with Crippen molar-refractivity contribution >= 4 is 22.9 Å². The lowest BCUT2D eigenvalue weighted by Gasteiger charge is -2.09. The van der Waals surface area contributed by atoms with Gasteiger partial charge >= 0.3 is 11.9 Å². The molecule has 0 amide bonds. The van der Waals surface area contributed by atoms with E-state index in [9.17, 15) is 9.59 Å². The van der Waals surface area contributed by atoms with E-state index in [-0.39, 0.29) is 5.97 Å². The first kappa shape index (κ1) is 21.2. The first-order chi connectivity index (χ1) is 14.4. The molecule has 158 valence electrons. The van der Waals surface area contributed by atoms with Gasteiger partial charge in [-0.15, -0.1) is 0 Å². The molecule has 0 atom stereocenters. The summed E-state index contributed by atoms with van der Waals surface area (Å²) in [6.45, 7) is 3.11. The van der Waals surface area contributed by atoms with Crippen LogP contribution in [0.4, 0.5) is 0 Å². The number of carbonyl (C=O) groups excluding carboxylic acids is 2. The van der Waals surface area contributed by atoms with Crippen LogP contribution < -0.4 is 14.2 Å². The van der Waals surface area contributed by atoms with Crippen LogP contribution in [0.1, 0.15) is 25.8 Å². The van der Waals surface area contributed by atoms with E-state index < -0.39 is 5.97 Å². The molecule has 1 heterocycles. The zero-order valence-corrected chi connectivity index (χ0v) is 17.4. The summed E-state index contributed by atoms with van der Waals surface area (Å²) in [4.78, 5) is 22.1. The number of carbonyl (C=O) groups is 2. The standard InChI is InChI=1S/C23H24O7/c1-14(24)28-9-5-6-16-10-18-13-20(30-23(18)22(11-16)27-4)17-7-8-19(29-15(2)25)21(12-17)26-3/h7-8,10-13H,5-6,9H2,1-4H3. The van der Waals surface area contributed by atoms with Crippen molar-refractivity contribution in [1.82, 2.24) is 0 Å². The second kappa shape index (κ2) is 9.35. The fourth-order valence-corrected chi connectivity index (χ4v) is 3.17. The van der Waals surface area contributed by atoms with Crippen LogP contribution in [-0.4, -0.2) is 32.8 Å². The van der Waals surface area contributed by atoms with E-state index in [1.165, 1.54) is 21.0 Å². The van der Waals surface area contributed by atoms with E-state index in [1.54, 1.807) is 25.3 Å². The molecule has 7 nitrogen and oxygen atoms in total. The minimum atomic E-state index is -0.421. The van der Waals surface area contributed by atoms with Crippen LogP contribution in [0, 0.1) is 0 Å². The maximum absolute atomic E-state index is 11.2. The van der Waals surface area contributed by atoms with Gasteiger partial charge in [-0.1, -0.05) is 0 Å². The van der Waals surface area contributed by atoms with Crippen molar-refractivity contribution in [2.45, 2.75) is 26.7 Å². The lowest BCUT2D eigenvalue weighted by molar-refractivity contribution is -0.141. The lowest BCUT2D eigenvalue weighted by atomic mass is 10.1. The molecule has 0 saturated carbocycles. The zero-order valence-electron chi connectivity index (χ0n) is 17.4. The van der Waals surface area contributed by atoms with Crippen LogP contribution in [0.15, 0.2) is 40.8 Å². The zero-order chi connectivity index (χ0) is 21.7. The van der Waals surface area contributed by atoms with Crippen molar-refractivity contribution < 1.29 is 33.0 Å². The number of ether oxygens (including phenoxy) is 4. The van der Waals surface area contributed by atoms with Crippen molar-refractivity contribution in [3.05, 3.63) is 42.0 Å². The second-order valence-corrected chi connectivity index (χ2v) is 6.73. The maximum Gasteiger partial charge on any atom is 0.308 e. The Kier molecular flexibility index (Phi) is 6.61. The van der Waals surface area contributed by atoms with E-state index in [0.29, 0.717) is 41.6 Å². The number of hydrogen-bond donors (Lipinski definition) is 0. The highest BCUT2D eigenvalue weighted by molar-refractivity contribution is 5.88. The van der Waals surface area contributed by atoms with E-state index in [2.05, 4.69) is 0 Å². The molecule has 0 bridgehead atoms. The minimum Gasteiger partial charge on any atom is -0.493 e. The van der Waals surface area contributed by atoms with Crippen molar-refractivity contribution in [2.75, 3.05) is 20.8 Å². The molecule has 0 aliphatic rings. The number of hydrogen-bond acceptors (Lipinski definition) is 7. The van der Waals surface area contributed by atoms with Crippen molar-refractivity contribution in [3.63, 3.8) is 0 Å². The number of fused-ring (bicyclic) bond motifs is 1. The molecule has 0 aliphatic heterocycles. The van der Waals surface area contributed by atoms with Gasteiger partial charge in [0.1, 0.15) is 5.76 Å². The Morgan fingerprint density at radius 2 is 1.67 bits per heavy atom. The molecular formula is C23H24O7. The Labute approximate surface area is 174 Å². The molecule has 30 heavy (non-hydrogen) atoms. The SMILES string of the molecule is COc1cc(-c2cc3cc(CCCOC(C)=O)cc(OC)c3o2)ccc1OC(C)=O. The summed E-state index contributed by atoms with van der Waals surface area (Å²) < 4.78 is 27.0. The van der Waals surface area contributed by atoms with E-state index in [1.807, 2.05) is 18.2 Å². The molecule has 0 aliphatic carbocycles. The summed E-state index contributed by atoms with van der Waals surface area (Å²) in [6.07, 6.45) is 1.46. The predicted molar refractivity (Wildman–Crippen MR) is 111 cm³/mol. The second-order valence-electron chi connectivity index (χ2n) is 6.73. The van der Waals surface area contributed by atoms with Gasteiger partial charge in [-0.3, -0.25) is 9.59 Å². The Hall–Kier alpha value is -3.48. The summed E-state index contributed by atoms with van der Waals surface area (Å²) >= 11 is 0. The summed E-state index contributed by atoms with van der Waals surface area (Å²) in [7, 11) is 3.10. The summed E-state index contributed by atoms with van der Waals surface area (Å²) in [5, 5.41) is 0.898. The van der Waals surface area contributed by atoms with Crippen molar-refractivity contribution in [3.8, 4) is 28.6 Å². The third-order valence-corrected chi connectivity index (χ3v) is 4.48. The fourth-order valence-electron chi connectivity index (χ4n) is 3.17. The summed E-state index contributed by atoms with van der Waals surface area (Å²) in [5.74, 6) is 1.34. The highest BCUT2D eigenvalue weighted by atomic mass is 16.6. The molecule has 0 fully saturated rings. The number of benzene rings is 2. The Bertz CT molecular complexity index is 1060. The van der Waals surface area contributed by atoms with E-state index >= 15 is 0 Å². The topological polar surface area (TPSA) is 84.2 Å². The van der Waals surface area contributed by atoms with Crippen LogP contribution in [0.3, 0.4) is 0 Å². The molecule has 7 heteroatoms. The smallest absolute Gasteiger partial charge is 0.308 e. The number of rotatable bonds is 8. The molecule has 0 spiro atoms. The van der Waals surface area contributed by atoms with Crippen molar-refractivity contribution in [1.29, 1.82) is 0 Å². The van der Waals surface area contributed by atoms with Gasteiger partial charge in [0.25, 0.3) is 0 Å². The average Bonchev–Trinajstić information content (AvgIpc) is 3.14. The normalized spacial score (nSPS) is 10.7. The first-order valence-electron chi connectivity index (χ1n) is 9.52. The van der Waals surface area contributed by atoms with Crippen LogP contribution in [0.2, 0.25) is 0 Å². The van der Waals surface area contributed by atoms with Crippen LogP contribution >= 0.6 is 0 Å². The molecule has 2 aromatic carbocycles. The monoisotopic (exact) mass is 412 g/mol. The van der Waals surface area contributed by atoms with Gasteiger partial charge in [0.2, 0.25) is 0 Å². The van der Waals surface area contributed by atoms with Gasteiger partial charge in [-0.25, -0.2) is 0 Å². The Balaban J connectivity index is 1.90. The molecule has 3 aromatic rings. The molecule has 1 aromatic heterocycles. The number of aryl methyl sites for hydroxylation is 1. The number of esters is 2. The fraction of sp³-hybridized carbons (Fsp3) is 0.304. The highest BCUT2D eigenvalue weighted by Crippen LogP contribution is 2.38.